The van der Waals surface area contributed by atoms with Gasteiger partial charge in [0.2, 0.25) is 0 Å². The Morgan fingerprint density at radius 3 is 2.45 bits per heavy atom. The van der Waals surface area contributed by atoms with Gasteiger partial charge >= 0.3 is 0 Å². The first-order valence-electron chi connectivity index (χ1n) is 8.06. The molecule has 6 heteroatoms. The van der Waals surface area contributed by atoms with E-state index in [2.05, 4.69) is 30.8 Å². The van der Waals surface area contributed by atoms with Gasteiger partial charge in [-0.2, -0.15) is 5.10 Å². The fourth-order valence-corrected chi connectivity index (χ4v) is 2.54. The molecule has 124 valence electrons. The summed E-state index contributed by atoms with van der Waals surface area (Å²) in [6, 6.07) is 0. The molecule has 0 aromatic carbocycles. The lowest BCUT2D eigenvalue weighted by atomic mass is 10.1. The fourth-order valence-electron chi connectivity index (χ4n) is 2.54. The van der Waals surface area contributed by atoms with E-state index in [9.17, 15) is 9.90 Å². The van der Waals surface area contributed by atoms with Crippen molar-refractivity contribution >= 4 is 5.91 Å². The van der Waals surface area contributed by atoms with Gasteiger partial charge in [0.15, 0.2) is 0 Å². The van der Waals surface area contributed by atoms with E-state index in [1.54, 1.807) is 6.20 Å². The van der Waals surface area contributed by atoms with E-state index in [-0.39, 0.29) is 17.6 Å². The van der Waals surface area contributed by atoms with Gasteiger partial charge in [0.25, 0.3) is 5.91 Å². The molecule has 1 aromatic heterocycles. The van der Waals surface area contributed by atoms with Crippen LogP contribution in [0.3, 0.4) is 0 Å². The molecule has 1 fully saturated rings. The maximum absolute atomic E-state index is 12.5. The van der Waals surface area contributed by atoms with Crippen molar-refractivity contribution in [2.75, 3.05) is 32.7 Å². The minimum Gasteiger partial charge on any atom is -0.392 e. The first kappa shape index (κ1) is 17.0. The summed E-state index contributed by atoms with van der Waals surface area (Å²) in [7, 11) is 0. The molecule has 0 saturated carbocycles. The maximum atomic E-state index is 12.5. The quantitative estimate of drug-likeness (QED) is 0.907. The van der Waals surface area contributed by atoms with Crippen LogP contribution in [0, 0.1) is 0 Å². The standard InChI is InChI=1S/C16H28N4O2/c1-5-14(21)12-18-6-8-19(9-7-18)15(22)13-10-17-20(11-13)16(2,3)4/h10-11,14,21H,5-9,12H2,1-4H3/t14-/m0/s1. The number of piperazine rings is 1. The minimum atomic E-state index is -0.271. The molecule has 0 aliphatic carbocycles. The van der Waals surface area contributed by atoms with E-state index in [0.717, 1.165) is 19.5 Å². The Hall–Kier alpha value is -1.40. The molecule has 1 saturated heterocycles. The van der Waals surface area contributed by atoms with Gasteiger partial charge in [-0.25, -0.2) is 0 Å². The van der Waals surface area contributed by atoms with Crippen molar-refractivity contribution in [2.24, 2.45) is 0 Å². The highest BCUT2D eigenvalue weighted by Crippen LogP contribution is 2.15. The lowest BCUT2D eigenvalue weighted by Gasteiger charge is -2.35. The molecule has 2 heterocycles. The highest BCUT2D eigenvalue weighted by molar-refractivity contribution is 5.93. The zero-order valence-electron chi connectivity index (χ0n) is 14.1. The van der Waals surface area contributed by atoms with E-state index in [4.69, 9.17) is 0 Å². The number of aliphatic hydroxyl groups is 1. The van der Waals surface area contributed by atoms with Crippen LogP contribution in [-0.2, 0) is 5.54 Å². The monoisotopic (exact) mass is 308 g/mol. The molecular formula is C16H28N4O2. The zero-order valence-corrected chi connectivity index (χ0v) is 14.1. The predicted octanol–water partition coefficient (Wildman–Crippen LogP) is 1.17. The van der Waals surface area contributed by atoms with Crippen LogP contribution in [0.2, 0.25) is 0 Å². The molecule has 2 rings (SSSR count). The van der Waals surface area contributed by atoms with Gasteiger partial charge in [0.05, 0.1) is 23.4 Å². The average molecular weight is 308 g/mol. The number of carbonyl (C=O) groups excluding carboxylic acids is 1. The molecule has 1 aliphatic heterocycles. The second kappa shape index (κ2) is 6.79. The third-order valence-corrected chi connectivity index (χ3v) is 4.12. The molecule has 0 bridgehead atoms. The van der Waals surface area contributed by atoms with Crippen molar-refractivity contribution < 1.29 is 9.90 Å². The van der Waals surface area contributed by atoms with Gasteiger partial charge in [-0.3, -0.25) is 14.4 Å². The zero-order chi connectivity index (χ0) is 16.3. The minimum absolute atomic E-state index is 0.0474. The first-order chi connectivity index (χ1) is 10.3. The fraction of sp³-hybridized carbons (Fsp3) is 0.750. The summed E-state index contributed by atoms with van der Waals surface area (Å²) >= 11 is 0. The maximum Gasteiger partial charge on any atom is 0.257 e. The van der Waals surface area contributed by atoms with Crippen molar-refractivity contribution in [1.82, 2.24) is 19.6 Å². The molecule has 1 N–H and O–H groups in total. The summed E-state index contributed by atoms with van der Waals surface area (Å²) in [6.07, 6.45) is 3.98. The van der Waals surface area contributed by atoms with Gasteiger partial charge in [-0.05, 0) is 27.2 Å². The Balaban J connectivity index is 1.91. The second-order valence-electron chi connectivity index (χ2n) is 7.00. The molecule has 0 radical (unpaired) electrons. The van der Waals surface area contributed by atoms with Crippen molar-refractivity contribution in [1.29, 1.82) is 0 Å². The van der Waals surface area contributed by atoms with Gasteiger partial charge in [-0.1, -0.05) is 6.92 Å². The van der Waals surface area contributed by atoms with E-state index >= 15 is 0 Å². The number of hydrogen-bond acceptors (Lipinski definition) is 4. The molecule has 22 heavy (non-hydrogen) atoms. The van der Waals surface area contributed by atoms with E-state index < -0.39 is 0 Å². The van der Waals surface area contributed by atoms with Crippen molar-refractivity contribution in [3.63, 3.8) is 0 Å². The summed E-state index contributed by atoms with van der Waals surface area (Å²) in [5.41, 5.74) is 0.532. The summed E-state index contributed by atoms with van der Waals surface area (Å²) in [5, 5.41) is 14.0. The molecule has 0 spiro atoms. The highest BCUT2D eigenvalue weighted by atomic mass is 16.3. The van der Waals surface area contributed by atoms with Crippen LogP contribution in [0.25, 0.3) is 0 Å². The number of nitrogens with zero attached hydrogens (tertiary/aromatic N) is 4. The van der Waals surface area contributed by atoms with Crippen LogP contribution in [0.5, 0.6) is 0 Å². The number of carbonyl (C=O) groups is 1. The lowest BCUT2D eigenvalue weighted by Crippen LogP contribution is -2.50. The number of aromatic nitrogens is 2. The van der Waals surface area contributed by atoms with Crippen LogP contribution in [0.4, 0.5) is 0 Å². The largest absolute Gasteiger partial charge is 0.392 e. The van der Waals surface area contributed by atoms with Crippen LogP contribution >= 0.6 is 0 Å². The van der Waals surface area contributed by atoms with Crippen molar-refractivity contribution in [2.45, 2.75) is 45.8 Å². The highest BCUT2D eigenvalue weighted by Gasteiger charge is 2.25. The first-order valence-corrected chi connectivity index (χ1v) is 8.06. The topological polar surface area (TPSA) is 61.6 Å². The Bertz CT molecular complexity index is 498. The summed E-state index contributed by atoms with van der Waals surface area (Å²) in [4.78, 5) is 16.6. The normalized spacial score (nSPS) is 18.5. The number of amides is 1. The van der Waals surface area contributed by atoms with Gasteiger partial charge < -0.3 is 10.0 Å². The van der Waals surface area contributed by atoms with Crippen LogP contribution < -0.4 is 0 Å². The molecule has 0 unspecified atom stereocenters. The average Bonchev–Trinajstić information content (AvgIpc) is 2.97. The van der Waals surface area contributed by atoms with Crippen molar-refractivity contribution in [3.05, 3.63) is 18.0 Å². The Morgan fingerprint density at radius 2 is 1.95 bits per heavy atom. The van der Waals surface area contributed by atoms with Gasteiger partial charge in [0.1, 0.15) is 0 Å². The predicted molar refractivity (Wildman–Crippen MR) is 85.9 cm³/mol. The molecular weight excluding hydrogens is 280 g/mol. The molecule has 1 aliphatic rings. The molecule has 6 nitrogen and oxygen atoms in total. The van der Waals surface area contributed by atoms with Gasteiger partial charge in [-0.15, -0.1) is 0 Å². The molecule has 1 atom stereocenters. The Labute approximate surface area is 132 Å². The van der Waals surface area contributed by atoms with Crippen LogP contribution in [0.15, 0.2) is 12.4 Å². The van der Waals surface area contributed by atoms with E-state index in [1.807, 2.05) is 22.7 Å². The second-order valence-corrected chi connectivity index (χ2v) is 7.00. The molecule has 1 amide bonds. The summed E-state index contributed by atoms with van der Waals surface area (Å²) < 4.78 is 1.83. The third kappa shape index (κ3) is 4.08. The Kier molecular flexibility index (Phi) is 5.24. The Morgan fingerprint density at radius 1 is 1.32 bits per heavy atom. The number of β-amino-alcohol motifs (C(OH)–C–C–N with tert-alkyl or cyclic N) is 1. The number of aliphatic hydroxyl groups excluding tert-OH is 1. The smallest absolute Gasteiger partial charge is 0.257 e. The van der Waals surface area contributed by atoms with Crippen LogP contribution in [-0.4, -0.2) is 69.4 Å². The summed E-state index contributed by atoms with van der Waals surface area (Å²) in [5.74, 6) is 0.0474. The van der Waals surface area contributed by atoms with E-state index in [1.165, 1.54) is 0 Å². The SMILES string of the molecule is CC[C@H](O)CN1CCN(C(=O)c2cnn(C(C)(C)C)c2)CC1. The lowest BCUT2D eigenvalue weighted by molar-refractivity contribution is 0.0523. The third-order valence-electron chi connectivity index (χ3n) is 4.12. The van der Waals surface area contributed by atoms with Crippen molar-refractivity contribution in [3.8, 4) is 0 Å². The number of rotatable bonds is 4. The van der Waals surface area contributed by atoms with Gasteiger partial charge in [0, 0.05) is 38.9 Å². The van der Waals surface area contributed by atoms with E-state index in [0.29, 0.717) is 25.2 Å². The summed E-state index contributed by atoms with van der Waals surface area (Å²) in [6.45, 7) is 11.9. The molecule has 1 aromatic rings. The van der Waals surface area contributed by atoms with Crippen LogP contribution in [0.1, 0.15) is 44.5 Å². The number of hydrogen-bond donors (Lipinski definition) is 1.